The van der Waals surface area contributed by atoms with Gasteiger partial charge in [0.15, 0.2) is 0 Å². The molecule has 1 heterocycles. The van der Waals surface area contributed by atoms with E-state index in [1.165, 1.54) is 0 Å². The highest BCUT2D eigenvalue weighted by atomic mass is 16.5. The molecule has 1 aliphatic rings. The van der Waals surface area contributed by atoms with Crippen LogP contribution >= 0.6 is 0 Å². The van der Waals surface area contributed by atoms with Crippen LogP contribution in [0.2, 0.25) is 0 Å². The molecule has 6 heteroatoms. The number of nitrogens with zero attached hydrogens (tertiary/aromatic N) is 1. The van der Waals surface area contributed by atoms with Crippen LogP contribution in [-0.4, -0.2) is 12.6 Å². The Morgan fingerprint density at radius 3 is 2.15 bits per heavy atom. The van der Waals surface area contributed by atoms with Crippen molar-refractivity contribution < 1.29 is 19.0 Å². The summed E-state index contributed by atoms with van der Waals surface area (Å²) in [5, 5.41) is 9.87. The van der Waals surface area contributed by atoms with E-state index in [0.29, 0.717) is 29.4 Å². The van der Waals surface area contributed by atoms with E-state index in [2.05, 4.69) is 12.6 Å². The van der Waals surface area contributed by atoms with E-state index in [-0.39, 0.29) is 5.88 Å². The largest absolute Gasteiger partial charge is 0.490 e. The summed E-state index contributed by atoms with van der Waals surface area (Å²) in [6, 6.07) is 33.8. The molecule has 0 saturated heterocycles. The third kappa shape index (κ3) is 5.39. The number of nitriles is 1. The smallest absolute Gasteiger partial charge is 0.323 e. The zero-order valence-electron chi connectivity index (χ0n) is 21.1. The van der Waals surface area contributed by atoms with E-state index < -0.39 is 17.8 Å². The number of rotatable bonds is 8. The van der Waals surface area contributed by atoms with Crippen molar-refractivity contribution in [3.63, 3.8) is 0 Å². The molecule has 0 spiro atoms. The van der Waals surface area contributed by atoms with E-state index in [1.807, 2.05) is 84.9 Å². The van der Waals surface area contributed by atoms with Crippen LogP contribution in [0, 0.1) is 11.3 Å². The number of carbonyl (C=O) groups excluding carboxylic acids is 1. The van der Waals surface area contributed by atoms with Crippen LogP contribution in [-0.2, 0) is 4.79 Å². The summed E-state index contributed by atoms with van der Waals surface area (Å²) in [5.41, 5.74) is 9.72. The SMILES string of the molecule is C=CCOc1ccc(C2C(C#N)=C(N)Oc3cc(OC(=O)C(c4ccccc4)c4ccccc4)ccc32)cc1. The molecule has 6 nitrogen and oxygen atoms in total. The molecular weight excluding hydrogens is 488 g/mol. The fourth-order valence-electron chi connectivity index (χ4n) is 4.68. The van der Waals surface area contributed by atoms with Crippen LogP contribution in [0.4, 0.5) is 0 Å². The molecule has 1 atom stereocenters. The third-order valence-corrected chi connectivity index (χ3v) is 6.49. The number of nitrogens with two attached hydrogens (primary N) is 1. The Labute approximate surface area is 227 Å². The first kappa shape index (κ1) is 25.4. The number of esters is 1. The second kappa shape index (κ2) is 11.4. The average Bonchev–Trinajstić information content (AvgIpc) is 2.97. The summed E-state index contributed by atoms with van der Waals surface area (Å²) in [4.78, 5) is 13.5. The molecule has 0 fully saturated rings. The molecule has 0 radical (unpaired) electrons. The first-order valence-electron chi connectivity index (χ1n) is 12.5. The van der Waals surface area contributed by atoms with Crippen molar-refractivity contribution in [2.75, 3.05) is 6.61 Å². The molecule has 0 aliphatic carbocycles. The number of fused-ring (bicyclic) bond motifs is 1. The third-order valence-electron chi connectivity index (χ3n) is 6.49. The summed E-state index contributed by atoms with van der Waals surface area (Å²) < 4.78 is 17.3. The molecule has 0 bridgehead atoms. The van der Waals surface area contributed by atoms with Gasteiger partial charge in [-0.3, -0.25) is 4.79 Å². The van der Waals surface area contributed by atoms with E-state index in [0.717, 1.165) is 22.3 Å². The Morgan fingerprint density at radius 1 is 0.949 bits per heavy atom. The minimum atomic E-state index is -0.603. The van der Waals surface area contributed by atoms with Crippen molar-refractivity contribution in [1.29, 1.82) is 5.26 Å². The fourth-order valence-corrected chi connectivity index (χ4v) is 4.68. The minimum absolute atomic E-state index is 0.0110. The molecule has 4 aromatic rings. The van der Waals surface area contributed by atoms with Crippen molar-refractivity contribution in [2.45, 2.75) is 11.8 Å². The van der Waals surface area contributed by atoms with Gasteiger partial charge < -0.3 is 19.9 Å². The Bertz CT molecular complexity index is 1520. The van der Waals surface area contributed by atoms with Gasteiger partial charge in [-0.25, -0.2) is 0 Å². The zero-order valence-corrected chi connectivity index (χ0v) is 21.1. The quantitative estimate of drug-likeness (QED) is 0.171. The van der Waals surface area contributed by atoms with Gasteiger partial charge in [-0.05, 0) is 34.9 Å². The van der Waals surface area contributed by atoms with E-state index in [9.17, 15) is 10.1 Å². The van der Waals surface area contributed by atoms with Gasteiger partial charge in [0, 0.05) is 11.6 Å². The molecule has 1 aliphatic heterocycles. The molecule has 4 aromatic carbocycles. The predicted molar refractivity (Wildman–Crippen MR) is 148 cm³/mol. The normalized spacial score (nSPS) is 14.1. The number of hydrogen-bond acceptors (Lipinski definition) is 6. The molecule has 0 aromatic heterocycles. The highest BCUT2D eigenvalue weighted by molar-refractivity contribution is 5.84. The van der Waals surface area contributed by atoms with Crippen LogP contribution in [0.15, 0.2) is 127 Å². The lowest BCUT2D eigenvalue weighted by Gasteiger charge is -2.27. The minimum Gasteiger partial charge on any atom is -0.490 e. The molecule has 192 valence electrons. The highest BCUT2D eigenvalue weighted by Gasteiger charge is 2.32. The maximum atomic E-state index is 13.5. The van der Waals surface area contributed by atoms with E-state index in [4.69, 9.17) is 19.9 Å². The highest BCUT2D eigenvalue weighted by Crippen LogP contribution is 2.44. The van der Waals surface area contributed by atoms with Crippen molar-refractivity contribution in [2.24, 2.45) is 5.73 Å². The summed E-state index contributed by atoms with van der Waals surface area (Å²) in [7, 11) is 0. The van der Waals surface area contributed by atoms with E-state index in [1.54, 1.807) is 24.3 Å². The molecule has 1 unspecified atom stereocenters. The Hall–Kier alpha value is -5.28. The van der Waals surface area contributed by atoms with Crippen LogP contribution in [0.25, 0.3) is 0 Å². The van der Waals surface area contributed by atoms with Crippen LogP contribution < -0.4 is 19.9 Å². The molecular formula is C33H26N2O4. The predicted octanol–water partition coefficient (Wildman–Crippen LogP) is 6.21. The summed E-state index contributed by atoms with van der Waals surface area (Å²) in [5.74, 6) is -0.0316. The first-order valence-corrected chi connectivity index (χ1v) is 12.5. The summed E-state index contributed by atoms with van der Waals surface area (Å²) in [6.45, 7) is 4.06. The molecule has 0 amide bonds. The van der Waals surface area contributed by atoms with Gasteiger partial charge in [0.2, 0.25) is 5.88 Å². The van der Waals surface area contributed by atoms with Gasteiger partial charge in [-0.1, -0.05) is 91.5 Å². The Kier molecular flexibility index (Phi) is 7.42. The second-order valence-electron chi connectivity index (χ2n) is 8.97. The second-order valence-corrected chi connectivity index (χ2v) is 8.97. The topological polar surface area (TPSA) is 94.6 Å². The van der Waals surface area contributed by atoms with Gasteiger partial charge >= 0.3 is 5.97 Å². The van der Waals surface area contributed by atoms with Crippen LogP contribution in [0.5, 0.6) is 17.2 Å². The van der Waals surface area contributed by atoms with Crippen LogP contribution in [0.3, 0.4) is 0 Å². The molecule has 5 rings (SSSR count). The van der Waals surface area contributed by atoms with Gasteiger partial charge in [-0.2, -0.15) is 5.26 Å². The van der Waals surface area contributed by atoms with Crippen LogP contribution in [0.1, 0.15) is 34.1 Å². The van der Waals surface area contributed by atoms with Crippen molar-refractivity contribution in [1.82, 2.24) is 0 Å². The van der Waals surface area contributed by atoms with Crippen molar-refractivity contribution >= 4 is 5.97 Å². The van der Waals surface area contributed by atoms with Gasteiger partial charge in [0.05, 0.1) is 5.92 Å². The lowest BCUT2D eigenvalue weighted by molar-refractivity contribution is -0.135. The maximum Gasteiger partial charge on any atom is 0.323 e. The number of benzene rings is 4. The van der Waals surface area contributed by atoms with Gasteiger partial charge in [0.1, 0.15) is 41.4 Å². The number of allylic oxidation sites excluding steroid dienone is 1. The van der Waals surface area contributed by atoms with Crippen molar-refractivity contribution in [3.05, 3.63) is 149 Å². The monoisotopic (exact) mass is 514 g/mol. The average molecular weight is 515 g/mol. The van der Waals surface area contributed by atoms with E-state index >= 15 is 0 Å². The standard InChI is InChI=1S/C33H26N2O4/c1-2-19-37-25-15-13-24(14-16-25)31-27-18-17-26(20-29(27)39-32(35)28(31)21-34)38-33(36)30(22-9-5-3-6-10-22)23-11-7-4-8-12-23/h2-18,20,30-31H,1,19,35H2. The van der Waals surface area contributed by atoms with Crippen molar-refractivity contribution in [3.8, 4) is 23.3 Å². The molecule has 0 saturated carbocycles. The first-order chi connectivity index (χ1) is 19.1. The summed E-state index contributed by atoms with van der Waals surface area (Å²) in [6.07, 6.45) is 1.67. The zero-order chi connectivity index (χ0) is 27.2. The van der Waals surface area contributed by atoms with Gasteiger partial charge in [0.25, 0.3) is 0 Å². The number of ether oxygens (including phenoxy) is 3. The molecule has 2 N–H and O–H groups in total. The lowest BCUT2D eigenvalue weighted by atomic mass is 9.83. The lowest BCUT2D eigenvalue weighted by Crippen LogP contribution is -2.22. The Morgan fingerprint density at radius 2 is 1.56 bits per heavy atom. The Balaban J connectivity index is 1.45. The fraction of sp³-hybridized carbons (Fsp3) is 0.0909. The van der Waals surface area contributed by atoms with Gasteiger partial charge in [-0.15, -0.1) is 0 Å². The molecule has 39 heavy (non-hydrogen) atoms. The number of hydrogen-bond donors (Lipinski definition) is 1. The number of carbonyl (C=O) groups is 1. The maximum absolute atomic E-state index is 13.5. The summed E-state index contributed by atoms with van der Waals surface area (Å²) >= 11 is 0.